The number of hydrogen-bond acceptors (Lipinski definition) is 4. The molecule has 0 amide bonds. The molecule has 0 fully saturated rings. The summed E-state index contributed by atoms with van der Waals surface area (Å²) in [5, 5.41) is 8.28. The van der Waals surface area contributed by atoms with Crippen LogP contribution in [0.15, 0.2) is 0 Å². The topological polar surface area (TPSA) is 84.0 Å². The average Bonchev–Trinajstić information content (AvgIpc) is 2.16. The van der Waals surface area contributed by atoms with E-state index in [1.807, 2.05) is 13.8 Å². The molecule has 0 spiro atoms. The zero-order valence-corrected chi connectivity index (χ0v) is 10.5. The largest absolute Gasteiger partial charge is 0.329 e. The molecule has 0 aliphatic heterocycles. The number of hydrogen-bond donors (Lipinski definition) is 1. The second kappa shape index (κ2) is 5.47. The predicted octanol–water partition coefficient (Wildman–Crippen LogP) is 1.08. The molecule has 0 heterocycles. The molecule has 0 saturated carbocycles. The van der Waals surface area contributed by atoms with Gasteiger partial charge in [0.15, 0.2) is 9.84 Å². The van der Waals surface area contributed by atoms with Gasteiger partial charge in [0.1, 0.15) is 0 Å². The minimum absolute atomic E-state index is 0.122. The van der Waals surface area contributed by atoms with E-state index in [1.165, 1.54) is 0 Å². The predicted molar refractivity (Wildman–Crippen MR) is 60.9 cm³/mol. The van der Waals surface area contributed by atoms with Gasteiger partial charge in [-0.05, 0) is 33.6 Å². The molecular weight excluding hydrogens is 212 g/mol. The molecule has 88 valence electrons. The van der Waals surface area contributed by atoms with Crippen molar-refractivity contribution in [3.05, 3.63) is 0 Å². The van der Waals surface area contributed by atoms with Crippen LogP contribution >= 0.6 is 0 Å². The van der Waals surface area contributed by atoms with Crippen LogP contribution in [0.2, 0.25) is 0 Å². The first kappa shape index (κ1) is 14.4. The Morgan fingerprint density at radius 3 is 2.40 bits per heavy atom. The highest BCUT2D eigenvalue weighted by atomic mass is 32.2. The second-order valence-corrected chi connectivity index (χ2v) is 7.05. The summed E-state index contributed by atoms with van der Waals surface area (Å²) in [5.74, 6) is 0.122. The van der Waals surface area contributed by atoms with Crippen LogP contribution in [0.5, 0.6) is 0 Å². The monoisotopic (exact) mass is 232 g/mol. The highest BCUT2D eigenvalue weighted by Crippen LogP contribution is 2.21. The van der Waals surface area contributed by atoms with Crippen molar-refractivity contribution in [1.29, 1.82) is 5.26 Å². The Bertz CT molecular complexity index is 328. The van der Waals surface area contributed by atoms with Crippen LogP contribution in [0, 0.1) is 16.7 Å². The summed E-state index contributed by atoms with van der Waals surface area (Å²) >= 11 is 0. The average molecular weight is 232 g/mol. The van der Waals surface area contributed by atoms with Gasteiger partial charge in [0.25, 0.3) is 0 Å². The molecule has 1 atom stereocenters. The molecule has 0 saturated heterocycles. The molecule has 0 bridgehead atoms. The maximum Gasteiger partial charge on any atom is 0.154 e. The van der Waals surface area contributed by atoms with Crippen LogP contribution in [0.1, 0.15) is 33.6 Å². The molecule has 2 N–H and O–H groups in total. The van der Waals surface area contributed by atoms with Crippen molar-refractivity contribution in [2.75, 3.05) is 12.3 Å². The van der Waals surface area contributed by atoms with Crippen molar-refractivity contribution in [2.45, 2.75) is 38.9 Å². The van der Waals surface area contributed by atoms with Crippen molar-refractivity contribution in [3.63, 3.8) is 0 Å². The summed E-state index contributed by atoms with van der Waals surface area (Å²) in [6, 6.07) is 2.15. The molecule has 0 aliphatic rings. The number of rotatable bonds is 6. The van der Waals surface area contributed by atoms with Crippen LogP contribution < -0.4 is 5.73 Å². The Hall–Kier alpha value is -0.600. The van der Waals surface area contributed by atoms with E-state index in [0.717, 1.165) is 0 Å². The molecule has 5 heteroatoms. The van der Waals surface area contributed by atoms with Gasteiger partial charge in [-0.15, -0.1) is 0 Å². The van der Waals surface area contributed by atoms with Crippen LogP contribution in [-0.2, 0) is 9.84 Å². The summed E-state index contributed by atoms with van der Waals surface area (Å²) in [6.45, 7) is 5.40. The Balaban J connectivity index is 4.15. The van der Waals surface area contributed by atoms with Crippen molar-refractivity contribution in [3.8, 4) is 6.07 Å². The Kier molecular flexibility index (Phi) is 5.26. The highest BCUT2D eigenvalue weighted by molar-refractivity contribution is 7.92. The third-order valence-corrected chi connectivity index (χ3v) is 4.75. The lowest BCUT2D eigenvalue weighted by Crippen LogP contribution is -2.29. The number of nitrogens with two attached hydrogens (primary N) is 1. The minimum Gasteiger partial charge on any atom is -0.329 e. The van der Waals surface area contributed by atoms with E-state index >= 15 is 0 Å². The zero-order valence-electron chi connectivity index (χ0n) is 9.66. The summed E-state index contributed by atoms with van der Waals surface area (Å²) in [5.41, 5.74) is 4.87. The molecule has 0 aromatic heterocycles. The zero-order chi connectivity index (χ0) is 12.1. The molecule has 1 unspecified atom stereocenters. The Morgan fingerprint density at radius 1 is 1.47 bits per heavy atom. The first-order valence-corrected chi connectivity index (χ1v) is 6.79. The van der Waals surface area contributed by atoms with Crippen molar-refractivity contribution < 1.29 is 8.42 Å². The third-order valence-electron chi connectivity index (χ3n) is 2.48. The minimum atomic E-state index is -3.08. The lowest BCUT2D eigenvalue weighted by molar-refractivity contribution is 0.444. The van der Waals surface area contributed by atoms with Crippen LogP contribution in [0.4, 0.5) is 0 Å². The van der Waals surface area contributed by atoms with Gasteiger partial charge in [0, 0.05) is 6.54 Å². The molecule has 0 radical (unpaired) electrons. The fourth-order valence-corrected chi connectivity index (χ4v) is 2.36. The van der Waals surface area contributed by atoms with Gasteiger partial charge in [-0.2, -0.15) is 5.26 Å². The molecule has 0 aromatic carbocycles. The summed E-state index contributed by atoms with van der Waals surface area (Å²) in [6.07, 6.45) is 1.12. The smallest absolute Gasteiger partial charge is 0.154 e. The lowest BCUT2D eigenvalue weighted by atomic mass is 9.90. The Morgan fingerprint density at radius 2 is 2.00 bits per heavy atom. The van der Waals surface area contributed by atoms with Crippen LogP contribution in [0.3, 0.4) is 0 Å². The second-order valence-electron chi connectivity index (χ2n) is 4.51. The van der Waals surface area contributed by atoms with Gasteiger partial charge in [0.05, 0.1) is 22.5 Å². The number of nitriles is 1. The normalized spacial score (nSPS) is 14.6. The van der Waals surface area contributed by atoms with Crippen LogP contribution in [-0.4, -0.2) is 26.0 Å². The fraction of sp³-hybridized carbons (Fsp3) is 0.900. The maximum absolute atomic E-state index is 11.6. The van der Waals surface area contributed by atoms with Crippen LogP contribution in [0.25, 0.3) is 0 Å². The van der Waals surface area contributed by atoms with Gasteiger partial charge in [-0.3, -0.25) is 0 Å². The number of sulfone groups is 1. The molecule has 0 aliphatic carbocycles. The summed E-state index contributed by atoms with van der Waals surface area (Å²) < 4.78 is 23.1. The van der Waals surface area contributed by atoms with E-state index in [1.54, 1.807) is 6.92 Å². The SMILES string of the molecule is CC(CN)S(=O)(=O)CCCC(C)(C)C#N. The molecule has 15 heavy (non-hydrogen) atoms. The summed E-state index contributed by atoms with van der Waals surface area (Å²) in [7, 11) is -3.08. The van der Waals surface area contributed by atoms with Gasteiger partial charge < -0.3 is 5.73 Å². The molecule has 0 rings (SSSR count). The Labute approximate surface area is 92.4 Å². The lowest BCUT2D eigenvalue weighted by Gasteiger charge is -2.15. The quantitative estimate of drug-likeness (QED) is 0.742. The first-order chi connectivity index (χ1) is 6.75. The van der Waals surface area contributed by atoms with Crippen molar-refractivity contribution >= 4 is 9.84 Å². The number of nitrogens with zero attached hydrogens (tertiary/aromatic N) is 1. The molecule has 4 nitrogen and oxygen atoms in total. The van der Waals surface area contributed by atoms with E-state index in [-0.39, 0.29) is 12.3 Å². The van der Waals surface area contributed by atoms with E-state index in [9.17, 15) is 8.42 Å². The van der Waals surface area contributed by atoms with E-state index in [4.69, 9.17) is 11.0 Å². The third kappa shape index (κ3) is 5.14. The van der Waals surface area contributed by atoms with Crippen molar-refractivity contribution in [1.82, 2.24) is 0 Å². The standard InChI is InChI=1S/C10H20N2O2S/c1-9(7-11)15(13,14)6-4-5-10(2,3)8-12/h9H,4-7,11H2,1-3H3. The van der Waals surface area contributed by atoms with Crippen molar-refractivity contribution in [2.24, 2.45) is 11.1 Å². The first-order valence-electron chi connectivity index (χ1n) is 5.08. The highest BCUT2D eigenvalue weighted by Gasteiger charge is 2.22. The van der Waals surface area contributed by atoms with Gasteiger partial charge in [0.2, 0.25) is 0 Å². The molecular formula is C10H20N2O2S. The van der Waals surface area contributed by atoms with Gasteiger partial charge >= 0.3 is 0 Å². The van der Waals surface area contributed by atoms with Gasteiger partial charge in [-0.25, -0.2) is 8.42 Å². The van der Waals surface area contributed by atoms with Gasteiger partial charge in [-0.1, -0.05) is 0 Å². The molecule has 0 aromatic rings. The maximum atomic E-state index is 11.6. The van der Waals surface area contributed by atoms with E-state index in [0.29, 0.717) is 12.8 Å². The fourth-order valence-electron chi connectivity index (χ4n) is 1.12. The summed E-state index contributed by atoms with van der Waals surface area (Å²) in [4.78, 5) is 0. The van der Waals surface area contributed by atoms with E-state index in [2.05, 4.69) is 6.07 Å². The van der Waals surface area contributed by atoms with E-state index < -0.39 is 20.5 Å².